The van der Waals surface area contributed by atoms with Gasteiger partial charge in [0.1, 0.15) is 18.1 Å². The van der Waals surface area contributed by atoms with Gasteiger partial charge in [0.2, 0.25) is 17.7 Å². The first-order valence-electron chi connectivity index (χ1n) is 10.1. The summed E-state index contributed by atoms with van der Waals surface area (Å²) >= 11 is 4.00. The molecule has 10 heteroatoms. The van der Waals surface area contributed by atoms with Crippen molar-refractivity contribution >= 4 is 36.3 Å². The van der Waals surface area contributed by atoms with Gasteiger partial charge < -0.3 is 26.8 Å². The molecule has 5 unspecified atom stereocenters. The number of carboxylic acid groups (broad SMARTS) is 1. The Labute approximate surface area is 187 Å². The Hall–Kier alpha value is -2.59. The Morgan fingerprint density at radius 2 is 1.61 bits per heavy atom. The molecule has 0 aliphatic heterocycles. The van der Waals surface area contributed by atoms with Crippen molar-refractivity contribution in [3.63, 3.8) is 0 Å². The fourth-order valence-corrected chi connectivity index (χ4v) is 2.91. The van der Waals surface area contributed by atoms with Crippen molar-refractivity contribution in [1.29, 1.82) is 0 Å². The van der Waals surface area contributed by atoms with Crippen LogP contribution in [0.4, 0.5) is 0 Å². The molecule has 1 aromatic rings. The number of amides is 3. The number of hydrogen-bond donors (Lipinski definition) is 6. The van der Waals surface area contributed by atoms with E-state index in [4.69, 9.17) is 10.8 Å². The monoisotopic (exact) mass is 452 g/mol. The fraction of sp³-hybridized carbons (Fsp3) is 0.524. The molecule has 0 aromatic heterocycles. The number of thiol groups is 1. The molecular formula is C21H32N4O5S. The number of nitrogens with one attached hydrogen (secondary N) is 3. The van der Waals surface area contributed by atoms with Gasteiger partial charge in [-0.15, -0.1) is 0 Å². The van der Waals surface area contributed by atoms with Gasteiger partial charge in [-0.3, -0.25) is 19.2 Å². The average molecular weight is 453 g/mol. The standard InChI is InChI=1S/C21H32N4O5S/c1-4-12(2)17(25-18(26)15(22)11-31)20(28)24-16(10-14-8-6-5-7-9-14)19(27)23-13(3)21(29)30/h5-9,12-13,15-17,31H,4,10-11,22H2,1-3H3,(H,23,27)(H,24,28)(H,25,26)(H,29,30). The van der Waals surface area contributed by atoms with Crippen LogP contribution in [0, 0.1) is 5.92 Å². The highest BCUT2D eigenvalue weighted by Gasteiger charge is 2.31. The summed E-state index contributed by atoms with van der Waals surface area (Å²) in [5, 5.41) is 16.8. The maximum absolute atomic E-state index is 13.0. The van der Waals surface area contributed by atoms with Crippen molar-refractivity contribution < 1.29 is 24.3 Å². The topological polar surface area (TPSA) is 151 Å². The number of carbonyl (C=O) groups excluding carboxylic acids is 3. The Bertz CT molecular complexity index is 761. The highest BCUT2D eigenvalue weighted by Crippen LogP contribution is 2.10. The van der Waals surface area contributed by atoms with E-state index in [1.807, 2.05) is 13.0 Å². The second kappa shape index (κ2) is 13.0. The van der Waals surface area contributed by atoms with Crippen LogP contribution in [0.3, 0.4) is 0 Å². The average Bonchev–Trinajstić information content (AvgIpc) is 2.75. The van der Waals surface area contributed by atoms with Crippen LogP contribution in [0.1, 0.15) is 32.8 Å². The third-order valence-electron chi connectivity index (χ3n) is 4.97. The van der Waals surface area contributed by atoms with E-state index in [2.05, 4.69) is 28.6 Å². The molecule has 3 amide bonds. The van der Waals surface area contributed by atoms with Gasteiger partial charge in [-0.05, 0) is 18.4 Å². The van der Waals surface area contributed by atoms with Crippen molar-refractivity contribution in [2.75, 3.05) is 5.75 Å². The summed E-state index contributed by atoms with van der Waals surface area (Å²) in [5.74, 6) is -2.99. The van der Waals surface area contributed by atoms with Crippen LogP contribution in [0.2, 0.25) is 0 Å². The molecule has 1 aromatic carbocycles. The van der Waals surface area contributed by atoms with Crippen LogP contribution < -0.4 is 21.7 Å². The van der Waals surface area contributed by atoms with Crippen molar-refractivity contribution in [3.05, 3.63) is 35.9 Å². The molecule has 0 heterocycles. The van der Waals surface area contributed by atoms with Crippen molar-refractivity contribution in [2.24, 2.45) is 11.7 Å². The lowest BCUT2D eigenvalue weighted by atomic mass is 9.96. The number of carboxylic acids is 1. The van der Waals surface area contributed by atoms with E-state index in [0.29, 0.717) is 6.42 Å². The quantitative estimate of drug-likeness (QED) is 0.247. The predicted molar refractivity (Wildman–Crippen MR) is 121 cm³/mol. The van der Waals surface area contributed by atoms with Crippen molar-refractivity contribution in [3.8, 4) is 0 Å². The second-order valence-corrected chi connectivity index (χ2v) is 7.85. The normalized spacial score (nSPS) is 15.6. The van der Waals surface area contributed by atoms with E-state index < -0.39 is 47.9 Å². The summed E-state index contributed by atoms with van der Waals surface area (Å²) in [5.41, 5.74) is 6.49. The van der Waals surface area contributed by atoms with Gasteiger partial charge in [0.15, 0.2) is 0 Å². The molecule has 0 fully saturated rings. The minimum absolute atomic E-state index is 0.118. The minimum Gasteiger partial charge on any atom is -0.480 e. The number of hydrogen-bond acceptors (Lipinski definition) is 6. The van der Waals surface area contributed by atoms with Crippen molar-refractivity contribution in [1.82, 2.24) is 16.0 Å². The second-order valence-electron chi connectivity index (χ2n) is 7.48. The van der Waals surface area contributed by atoms with Crippen LogP contribution in [0.15, 0.2) is 30.3 Å². The third-order valence-corrected chi connectivity index (χ3v) is 5.36. The van der Waals surface area contributed by atoms with Gasteiger partial charge in [-0.25, -0.2) is 0 Å². The van der Waals surface area contributed by atoms with Crippen LogP contribution in [-0.4, -0.2) is 58.7 Å². The number of benzene rings is 1. The molecule has 6 N–H and O–H groups in total. The summed E-state index contributed by atoms with van der Waals surface area (Å²) in [7, 11) is 0. The summed E-state index contributed by atoms with van der Waals surface area (Å²) in [6.45, 7) is 5.01. The highest BCUT2D eigenvalue weighted by molar-refractivity contribution is 7.80. The number of carbonyl (C=O) groups is 4. The molecule has 1 rings (SSSR count). The van der Waals surface area contributed by atoms with Gasteiger partial charge in [-0.1, -0.05) is 50.6 Å². The van der Waals surface area contributed by atoms with Gasteiger partial charge in [0.25, 0.3) is 0 Å². The summed E-state index contributed by atoms with van der Waals surface area (Å²) < 4.78 is 0. The van der Waals surface area contributed by atoms with Crippen LogP contribution in [0.25, 0.3) is 0 Å². The molecule has 5 atom stereocenters. The summed E-state index contributed by atoms with van der Waals surface area (Å²) in [6.07, 6.45) is 0.752. The zero-order valence-corrected chi connectivity index (χ0v) is 18.9. The highest BCUT2D eigenvalue weighted by atomic mass is 32.1. The van der Waals surface area contributed by atoms with E-state index in [1.54, 1.807) is 31.2 Å². The lowest BCUT2D eigenvalue weighted by molar-refractivity contribution is -0.141. The Kier molecular flexibility index (Phi) is 11.1. The maximum Gasteiger partial charge on any atom is 0.325 e. The molecule has 0 aliphatic rings. The van der Waals surface area contributed by atoms with E-state index in [0.717, 1.165) is 5.56 Å². The first-order valence-corrected chi connectivity index (χ1v) is 10.8. The molecule has 31 heavy (non-hydrogen) atoms. The molecule has 0 bridgehead atoms. The molecule has 9 nitrogen and oxygen atoms in total. The van der Waals surface area contributed by atoms with Gasteiger partial charge >= 0.3 is 5.97 Å². The van der Waals surface area contributed by atoms with E-state index in [1.165, 1.54) is 6.92 Å². The Balaban J connectivity index is 3.06. The molecular weight excluding hydrogens is 420 g/mol. The van der Waals surface area contributed by atoms with Gasteiger partial charge in [0.05, 0.1) is 6.04 Å². The third kappa shape index (κ3) is 8.58. The maximum atomic E-state index is 13.0. The number of nitrogens with two attached hydrogens (primary N) is 1. The van der Waals surface area contributed by atoms with Gasteiger partial charge in [-0.2, -0.15) is 12.6 Å². The van der Waals surface area contributed by atoms with Crippen LogP contribution in [0.5, 0.6) is 0 Å². The lowest BCUT2D eigenvalue weighted by Crippen LogP contribution is -2.59. The minimum atomic E-state index is -1.19. The molecule has 0 aliphatic carbocycles. The Morgan fingerprint density at radius 3 is 2.13 bits per heavy atom. The largest absolute Gasteiger partial charge is 0.480 e. The van der Waals surface area contributed by atoms with E-state index in [9.17, 15) is 19.2 Å². The molecule has 172 valence electrons. The predicted octanol–water partition coefficient (Wildman–Crippen LogP) is 0.0912. The zero-order valence-electron chi connectivity index (χ0n) is 18.0. The molecule has 0 saturated carbocycles. The first kappa shape index (κ1) is 26.4. The molecule has 0 radical (unpaired) electrons. The summed E-state index contributed by atoms with van der Waals surface area (Å²) in [6, 6.07) is 5.08. The van der Waals surface area contributed by atoms with E-state index in [-0.39, 0.29) is 18.1 Å². The van der Waals surface area contributed by atoms with Crippen LogP contribution in [-0.2, 0) is 25.6 Å². The van der Waals surface area contributed by atoms with Gasteiger partial charge in [0, 0.05) is 12.2 Å². The first-order chi connectivity index (χ1) is 14.6. The molecule has 0 saturated heterocycles. The SMILES string of the molecule is CCC(C)C(NC(=O)C(N)CS)C(=O)NC(Cc1ccccc1)C(=O)NC(C)C(=O)O. The Morgan fingerprint density at radius 1 is 1.00 bits per heavy atom. The zero-order chi connectivity index (χ0) is 23.6. The van der Waals surface area contributed by atoms with Crippen LogP contribution >= 0.6 is 12.6 Å². The smallest absolute Gasteiger partial charge is 0.325 e. The van der Waals surface area contributed by atoms with Crippen molar-refractivity contribution in [2.45, 2.75) is 57.8 Å². The number of aliphatic carboxylic acids is 1. The summed E-state index contributed by atoms with van der Waals surface area (Å²) in [4.78, 5) is 49.1. The fourth-order valence-electron chi connectivity index (χ4n) is 2.74. The lowest BCUT2D eigenvalue weighted by Gasteiger charge is -2.27. The van der Waals surface area contributed by atoms with E-state index >= 15 is 0 Å². The number of rotatable bonds is 12. The molecule has 0 spiro atoms.